The number of piperazine rings is 1. The van der Waals surface area contributed by atoms with Gasteiger partial charge in [-0.15, -0.1) is 0 Å². The lowest BCUT2D eigenvalue weighted by Gasteiger charge is -2.38. The molecule has 0 spiro atoms. The van der Waals surface area contributed by atoms with Crippen molar-refractivity contribution in [2.24, 2.45) is 0 Å². The fourth-order valence-electron chi connectivity index (χ4n) is 4.69. The van der Waals surface area contributed by atoms with Crippen molar-refractivity contribution in [3.8, 4) is 0 Å². The lowest BCUT2D eigenvalue weighted by Crippen LogP contribution is -2.51. The molecule has 2 fully saturated rings. The van der Waals surface area contributed by atoms with Crippen LogP contribution in [0, 0.1) is 0 Å². The minimum Gasteiger partial charge on any atom is -0.336 e. The van der Waals surface area contributed by atoms with Crippen molar-refractivity contribution in [3.05, 3.63) is 34.9 Å². The van der Waals surface area contributed by atoms with Crippen LogP contribution in [0.25, 0.3) is 0 Å². The number of rotatable bonds is 5. The molecular weight excluding hydrogens is 354 g/mol. The van der Waals surface area contributed by atoms with Gasteiger partial charge in [-0.2, -0.15) is 0 Å². The molecule has 0 aromatic heterocycles. The van der Waals surface area contributed by atoms with Crippen molar-refractivity contribution in [1.82, 2.24) is 14.7 Å². The number of amides is 3. The smallest absolute Gasteiger partial charge is 0.261 e. The van der Waals surface area contributed by atoms with Crippen LogP contribution in [-0.4, -0.2) is 71.2 Å². The van der Waals surface area contributed by atoms with Gasteiger partial charge in [0.05, 0.1) is 11.1 Å². The Morgan fingerprint density at radius 2 is 1.68 bits per heavy atom. The number of benzene rings is 1. The van der Waals surface area contributed by atoms with E-state index in [4.69, 9.17) is 0 Å². The summed E-state index contributed by atoms with van der Waals surface area (Å²) in [7, 11) is 0. The summed E-state index contributed by atoms with van der Waals surface area (Å²) < 4.78 is 0. The molecule has 28 heavy (non-hydrogen) atoms. The first-order chi connectivity index (χ1) is 13.6. The van der Waals surface area contributed by atoms with E-state index in [9.17, 15) is 14.4 Å². The van der Waals surface area contributed by atoms with Crippen LogP contribution in [0.4, 0.5) is 0 Å². The first-order valence-corrected chi connectivity index (χ1v) is 10.6. The normalized spacial score (nSPS) is 20.9. The minimum atomic E-state index is -0.269. The molecule has 3 aliphatic rings. The Labute approximate surface area is 166 Å². The van der Waals surface area contributed by atoms with Crippen LogP contribution in [0.15, 0.2) is 18.2 Å². The molecule has 1 saturated carbocycles. The zero-order valence-corrected chi connectivity index (χ0v) is 16.7. The SMILES string of the molecule is CCCCN1C(=O)c2ccc(C(=O)N3CCN(C4CCCC4)CC3)cc2C1=O. The molecular formula is C22H29N3O3. The summed E-state index contributed by atoms with van der Waals surface area (Å²) >= 11 is 0. The van der Waals surface area contributed by atoms with Crippen molar-refractivity contribution >= 4 is 17.7 Å². The molecule has 150 valence electrons. The standard InChI is InChI=1S/C22H29N3O3/c1-2-3-10-25-21(27)18-9-8-16(15-19(18)22(25)28)20(26)24-13-11-23(12-14-24)17-6-4-5-7-17/h8-9,15,17H,2-7,10-14H2,1H3. The highest BCUT2D eigenvalue weighted by molar-refractivity contribution is 6.22. The highest BCUT2D eigenvalue weighted by Crippen LogP contribution is 2.27. The van der Waals surface area contributed by atoms with Gasteiger partial charge in [-0.3, -0.25) is 24.2 Å². The summed E-state index contributed by atoms with van der Waals surface area (Å²) in [5.74, 6) is -0.548. The molecule has 0 N–H and O–H groups in total. The van der Waals surface area contributed by atoms with Gasteiger partial charge in [-0.1, -0.05) is 26.2 Å². The van der Waals surface area contributed by atoms with E-state index in [1.54, 1.807) is 18.2 Å². The zero-order valence-electron chi connectivity index (χ0n) is 16.7. The maximum absolute atomic E-state index is 13.0. The summed E-state index contributed by atoms with van der Waals surface area (Å²) in [6.07, 6.45) is 6.92. The summed E-state index contributed by atoms with van der Waals surface area (Å²) in [6.45, 7) is 5.76. The molecule has 0 atom stereocenters. The van der Waals surface area contributed by atoms with Gasteiger partial charge < -0.3 is 4.90 Å². The molecule has 0 radical (unpaired) electrons. The molecule has 1 aromatic carbocycles. The van der Waals surface area contributed by atoms with Gasteiger partial charge in [-0.25, -0.2) is 0 Å². The second kappa shape index (κ2) is 8.03. The molecule has 2 heterocycles. The lowest BCUT2D eigenvalue weighted by molar-refractivity contribution is 0.0573. The Balaban J connectivity index is 1.43. The van der Waals surface area contributed by atoms with Gasteiger partial charge in [0, 0.05) is 44.3 Å². The first kappa shape index (κ1) is 19.1. The van der Waals surface area contributed by atoms with Crippen LogP contribution in [0.5, 0.6) is 0 Å². The van der Waals surface area contributed by atoms with Gasteiger partial charge >= 0.3 is 0 Å². The average Bonchev–Trinajstić information content (AvgIpc) is 3.34. The van der Waals surface area contributed by atoms with Crippen LogP contribution in [0.2, 0.25) is 0 Å². The summed E-state index contributed by atoms with van der Waals surface area (Å²) in [5.41, 5.74) is 1.30. The van der Waals surface area contributed by atoms with E-state index >= 15 is 0 Å². The molecule has 1 aromatic rings. The van der Waals surface area contributed by atoms with Crippen molar-refractivity contribution < 1.29 is 14.4 Å². The van der Waals surface area contributed by atoms with Crippen molar-refractivity contribution in [2.45, 2.75) is 51.5 Å². The number of hydrogen-bond acceptors (Lipinski definition) is 4. The largest absolute Gasteiger partial charge is 0.336 e. The number of carbonyl (C=O) groups excluding carboxylic acids is 3. The average molecular weight is 383 g/mol. The Bertz CT molecular complexity index is 777. The highest BCUT2D eigenvalue weighted by Gasteiger charge is 2.36. The second-order valence-corrected chi connectivity index (χ2v) is 8.14. The molecule has 1 saturated heterocycles. The van der Waals surface area contributed by atoms with E-state index in [0.717, 1.165) is 39.0 Å². The maximum atomic E-state index is 13.0. The number of hydrogen-bond donors (Lipinski definition) is 0. The topological polar surface area (TPSA) is 60.9 Å². The summed E-state index contributed by atoms with van der Waals surface area (Å²) in [6, 6.07) is 5.64. The van der Waals surface area contributed by atoms with Crippen LogP contribution < -0.4 is 0 Å². The van der Waals surface area contributed by atoms with Gasteiger partial charge in [0.15, 0.2) is 0 Å². The predicted molar refractivity (Wildman–Crippen MR) is 106 cm³/mol. The fourth-order valence-corrected chi connectivity index (χ4v) is 4.69. The van der Waals surface area contributed by atoms with Crippen LogP contribution in [0.1, 0.15) is 76.5 Å². The Morgan fingerprint density at radius 3 is 2.36 bits per heavy atom. The number of imide groups is 1. The van der Waals surface area contributed by atoms with E-state index < -0.39 is 0 Å². The van der Waals surface area contributed by atoms with E-state index in [-0.39, 0.29) is 17.7 Å². The van der Waals surface area contributed by atoms with Crippen LogP contribution >= 0.6 is 0 Å². The number of unbranched alkanes of at least 4 members (excludes halogenated alkanes) is 1. The Hall–Kier alpha value is -2.21. The van der Waals surface area contributed by atoms with Crippen molar-refractivity contribution in [1.29, 1.82) is 0 Å². The maximum Gasteiger partial charge on any atom is 0.261 e. The first-order valence-electron chi connectivity index (χ1n) is 10.6. The third-order valence-electron chi connectivity index (χ3n) is 6.40. The van der Waals surface area contributed by atoms with E-state index in [1.807, 2.05) is 11.8 Å². The Morgan fingerprint density at radius 1 is 1.00 bits per heavy atom. The monoisotopic (exact) mass is 383 g/mol. The number of carbonyl (C=O) groups is 3. The number of nitrogens with zero attached hydrogens (tertiary/aromatic N) is 3. The fraction of sp³-hybridized carbons (Fsp3) is 0.591. The number of fused-ring (bicyclic) bond motifs is 1. The quantitative estimate of drug-likeness (QED) is 0.734. The van der Waals surface area contributed by atoms with Gasteiger partial charge in [-0.05, 0) is 37.5 Å². The van der Waals surface area contributed by atoms with Crippen LogP contribution in [-0.2, 0) is 0 Å². The van der Waals surface area contributed by atoms with Gasteiger partial charge in [0.1, 0.15) is 0 Å². The van der Waals surface area contributed by atoms with E-state index in [1.165, 1.54) is 30.6 Å². The third-order valence-corrected chi connectivity index (χ3v) is 6.40. The molecule has 6 nitrogen and oxygen atoms in total. The summed E-state index contributed by atoms with van der Waals surface area (Å²) in [5, 5.41) is 0. The molecule has 3 amide bonds. The van der Waals surface area contributed by atoms with Crippen LogP contribution in [0.3, 0.4) is 0 Å². The molecule has 6 heteroatoms. The molecule has 4 rings (SSSR count). The van der Waals surface area contributed by atoms with Gasteiger partial charge in [0.25, 0.3) is 17.7 Å². The minimum absolute atomic E-state index is 0.0406. The molecule has 0 bridgehead atoms. The Kier molecular flexibility index (Phi) is 5.49. The third kappa shape index (κ3) is 3.46. The van der Waals surface area contributed by atoms with Gasteiger partial charge in [0.2, 0.25) is 0 Å². The summed E-state index contributed by atoms with van der Waals surface area (Å²) in [4.78, 5) is 43.8. The molecule has 1 aliphatic carbocycles. The highest BCUT2D eigenvalue weighted by atomic mass is 16.2. The van der Waals surface area contributed by atoms with Crippen molar-refractivity contribution in [2.75, 3.05) is 32.7 Å². The van der Waals surface area contributed by atoms with E-state index in [0.29, 0.717) is 29.3 Å². The molecule has 0 unspecified atom stereocenters. The second-order valence-electron chi connectivity index (χ2n) is 8.14. The molecule has 2 aliphatic heterocycles. The van der Waals surface area contributed by atoms with Crippen molar-refractivity contribution in [3.63, 3.8) is 0 Å². The zero-order chi connectivity index (χ0) is 19.7. The van der Waals surface area contributed by atoms with E-state index in [2.05, 4.69) is 4.90 Å². The predicted octanol–water partition coefficient (Wildman–Crippen LogP) is 2.78. The lowest BCUT2D eigenvalue weighted by atomic mass is 10.0.